The van der Waals surface area contributed by atoms with E-state index in [1.54, 1.807) is 6.07 Å². The monoisotopic (exact) mass is 398 g/mol. The third-order valence-electron chi connectivity index (χ3n) is 2.75. The molecule has 21 heavy (non-hydrogen) atoms. The molecule has 8 heteroatoms. The highest BCUT2D eigenvalue weighted by molar-refractivity contribution is 9.11. The highest BCUT2D eigenvalue weighted by Gasteiger charge is 2.20. The van der Waals surface area contributed by atoms with Crippen LogP contribution in [0.5, 0.6) is 0 Å². The fraction of sp³-hybridized carbons (Fsp3) is 0.692. The van der Waals surface area contributed by atoms with E-state index in [1.807, 2.05) is 7.05 Å². The number of nitrogens with one attached hydrogen (secondary N) is 2. The van der Waals surface area contributed by atoms with E-state index in [0.29, 0.717) is 34.8 Å². The lowest BCUT2D eigenvalue weighted by Gasteiger charge is -2.06. The third kappa shape index (κ3) is 6.75. The molecule has 0 bridgehead atoms. The summed E-state index contributed by atoms with van der Waals surface area (Å²) in [6, 6.07) is 1.70. The molecule has 0 aliphatic heterocycles. The van der Waals surface area contributed by atoms with Crippen molar-refractivity contribution in [2.75, 3.05) is 26.8 Å². The van der Waals surface area contributed by atoms with Crippen molar-refractivity contribution in [3.63, 3.8) is 0 Å². The van der Waals surface area contributed by atoms with E-state index in [4.69, 9.17) is 4.74 Å². The van der Waals surface area contributed by atoms with Gasteiger partial charge in [0, 0.05) is 31.2 Å². The lowest BCUT2D eigenvalue weighted by atomic mass is 10.4. The van der Waals surface area contributed by atoms with Gasteiger partial charge in [-0.15, -0.1) is 11.3 Å². The lowest BCUT2D eigenvalue weighted by Crippen LogP contribution is -2.25. The number of hydrogen-bond acceptors (Lipinski definition) is 5. The summed E-state index contributed by atoms with van der Waals surface area (Å²) in [4.78, 5) is 1.29. The Labute approximate surface area is 139 Å². The van der Waals surface area contributed by atoms with Crippen molar-refractivity contribution in [2.45, 2.75) is 37.6 Å². The Morgan fingerprint density at radius 3 is 2.71 bits per heavy atom. The Morgan fingerprint density at radius 2 is 2.05 bits per heavy atom. The van der Waals surface area contributed by atoms with E-state index in [1.165, 1.54) is 11.3 Å². The van der Waals surface area contributed by atoms with Crippen LogP contribution in [0.3, 0.4) is 0 Å². The van der Waals surface area contributed by atoms with Gasteiger partial charge in [0.2, 0.25) is 10.0 Å². The average Bonchev–Trinajstić information content (AvgIpc) is 2.80. The number of thiophene rings is 1. The van der Waals surface area contributed by atoms with Crippen molar-refractivity contribution >= 4 is 37.3 Å². The normalized spacial score (nSPS) is 12.0. The minimum atomic E-state index is -3.46. The summed E-state index contributed by atoms with van der Waals surface area (Å²) in [5, 5.41) is 3.01. The minimum absolute atomic E-state index is 0.310. The SMILES string of the molecule is CCCCOCCCNS(=O)(=O)c1cc(CNC)sc1Br. The third-order valence-corrected chi connectivity index (χ3v) is 6.46. The quantitative estimate of drug-likeness (QED) is 0.562. The molecule has 122 valence electrons. The number of halogens is 1. The summed E-state index contributed by atoms with van der Waals surface area (Å²) in [6.07, 6.45) is 2.82. The van der Waals surface area contributed by atoms with Crippen LogP contribution < -0.4 is 10.0 Å². The van der Waals surface area contributed by atoms with E-state index >= 15 is 0 Å². The van der Waals surface area contributed by atoms with Gasteiger partial charge >= 0.3 is 0 Å². The minimum Gasteiger partial charge on any atom is -0.381 e. The first-order valence-corrected chi connectivity index (χ1v) is 10.1. The number of hydrogen-bond donors (Lipinski definition) is 2. The Bertz CT molecular complexity index is 517. The van der Waals surface area contributed by atoms with Gasteiger partial charge in [-0.2, -0.15) is 0 Å². The molecule has 0 saturated heterocycles. The Balaban J connectivity index is 2.43. The molecule has 0 atom stereocenters. The van der Waals surface area contributed by atoms with Crippen molar-refractivity contribution in [2.24, 2.45) is 0 Å². The zero-order chi connectivity index (χ0) is 15.7. The molecular weight excluding hydrogens is 376 g/mol. The lowest BCUT2D eigenvalue weighted by molar-refractivity contribution is 0.130. The van der Waals surface area contributed by atoms with E-state index in [2.05, 4.69) is 32.9 Å². The first-order valence-electron chi connectivity index (χ1n) is 7.01. The first-order chi connectivity index (χ1) is 10.0. The van der Waals surface area contributed by atoms with Crippen LogP contribution in [0.2, 0.25) is 0 Å². The number of rotatable bonds is 11. The van der Waals surface area contributed by atoms with Crippen LogP contribution in [0.25, 0.3) is 0 Å². The second-order valence-electron chi connectivity index (χ2n) is 4.60. The summed E-state index contributed by atoms with van der Waals surface area (Å²) in [5.41, 5.74) is 0. The Morgan fingerprint density at radius 1 is 1.33 bits per heavy atom. The van der Waals surface area contributed by atoms with Crippen LogP contribution in [0.4, 0.5) is 0 Å². The Kier molecular flexibility index (Phi) is 9.00. The average molecular weight is 399 g/mol. The fourth-order valence-corrected chi connectivity index (χ4v) is 5.42. The van der Waals surface area contributed by atoms with Gasteiger partial charge in [-0.25, -0.2) is 13.1 Å². The molecule has 1 heterocycles. The predicted octanol–water partition coefficient (Wildman–Crippen LogP) is 2.72. The van der Waals surface area contributed by atoms with Crippen molar-refractivity contribution in [3.8, 4) is 0 Å². The summed E-state index contributed by atoms with van der Waals surface area (Å²) < 4.78 is 33.1. The highest BCUT2D eigenvalue weighted by atomic mass is 79.9. The molecule has 5 nitrogen and oxygen atoms in total. The molecule has 0 saturated carbocycles. The number of unbranched alkanes of at least 4 members (excludes halogenated alkanes) is 1. The molecule has 1 rings (SSSR count). The van der Waals surface area contributed by atoms with Gasteiger partial charge in [0.15, 0.2) is 0 Å². The van der Waals surface area contributed by atoms with Crippen LogP contribution in [-0.4, -0.2) is 35.2 Å². The van der Waals surface area contributed by atoms with E-state index < -0.39 is 10.0 Å². The highest BCUT2D eigenvalue weighted by Crippen LogP contribution is 2.31. The molecule has 0 aliphatic carbocycles. The molecule has 0 aliphatic rings. The van der Waals surface area contributed by atoms with Crippen LogP contribution in [-0.2, 0) is 21.3 Å². The number of ether oxygens (including phenoxy) is 1. The zero-order valence-electron chi connectivity index (χ0n) is 12.4. The van der Waals surface area contributed by atoms with Crippen molar-refractivity contribution in [3.05, 3.63) is 14.7 Å². The molecule has 2 N–H and O–H groups in total. The molecule has 1 aromatic rings. The van der Waals surface area contributed by atoms with Gasteiger partial charge in [-0.1, -0.05) is 13.3 Å². The molecule has 1 aromatic heterocycles. The van der Waals surface area contributed by atoms with Crippen molar-refractivity contribution < 1.29 is 13.2 Å². The van der Waals surface area contributed by atoms with Gasteiger partial charge in [-0.05, 0) is 41.9 Å². The van der Waals surface area contributed by atoms with Gasteiger partial charge in [0.1, 0.15) is 4.90 Å². The Hall–Kier alpha value is 0.01000. The molecule has 0 unspecified atom stereocenters. The standard InChI is InChI=1S/C13H23BrN2O3S2/c1-3-4-7-19-8-5-6-16-21(17,18)12-9-11(10-15-2)20-13(12)14/h9,15-16H,3-8,10H2,1-2H3. The van der Waals surface area contributed by atoms with Crippen molar-refractivity contribution in [1.29, 1.82) is 0 Å². The maximum Gasteiger partial charge on any atom is 0.242 e. The maximum atomic E-state index is 12.2. The largest absolute Gasteiger partial charge is 0.381 e. The van der Waals surface area contributed by atoms with Gasteiger partial charge < -0.3 is 10.1 Å². The first kappa shape index (κ1) is 19.1. The van der Waals surface area contributed by atoms with Gasteiger partial charge in [0.25, 0.3) is 0 Å². The second-order valence-corrected chi connectivity index (χ2v) is 8.79. The van der Waals surface area contributed by atoms with Gasteiger partial charge in [-0.3, -0.25) is 0 Å². The predicted molar refractivity (Wildman–Crippen MR) is 90.3 cm³/mol. The van der Waals surface area contributed by atoms with Gasteiger partial charge in [0.05, 0.1) is 3.79 Å². The van der Waals surface area contributed by atoms with Crippen LogP contribution in [0, 0.1) is 0 Å². The summed E-state index contributed by atoms with van der Waals surface area (Å²) in [5.74, 6) is 0. The van der Waals surface area contributed by atoms with Crippen LogP contribution in [0.1, 0.15) is 31.1 Å². The van der Waals surface area contributed by atoms with Crippen LogP contribution >= 0.6 is 27.3 Å². The molecule has 0 spiro atoms. The zero-order valence-corrected chi connectivity index (χ0v) is 15.7. The second kappa shape index (κ2) is 9.91. The molecule has 0 radical (unpaired) electrons. The molecule has 0 aromatic carbocycles. The molecular formula is C13H23BrN2O3S2. The maximum absolute atomic E-state index is 12.2. The number of sulfonamides is 1. The summed E-state index contributed by atoms with van der Waals surface area (Å²) >= 11 is 4.75. The molecule has 0 fully saturated rings. The molecule has 0 amide bonds. The van der Waals surface area contributed by atoms with E-state index in [9.17, 15) is 8.42 Å². The smallest absolute Gasteiger partial charge is 0.242 e. The summed E-state index contributed by atoms with van der Waals surface area (Å²) in [7, 11) is -1.62. The topological polar surface area (TPSA) is 67.4 Å². The van der Waals surface area contributed by atoms with Crippen molar-refractivity contribution in [1.82, 2.24) is 10.0 Å². The fourth-order valence-electron chi connectivity index (χ4n) is 1.65. The summed E-state index contributed by atoms with van der Waals surface area (Å²) in [6.45, 7) is 4.48. The van der Waals surface area contributed by atoms with E-state index in [0.717, 1.165) is 24.3 Å². The van der Waals surface area contributed by atoms with E-state index in [-0.39, 0.29) is 0 Å². The van der Waals surface area contributed by atoms with Crippen LogP contribution in [0.15, 0.2) is 14.7 Å².